The summed E-state index contributed by atoms with van der Waals surface area (Å²) in [7, 11) is 1.89. The van der Waals surface area contributed by atoms with E-state index in [4.69, 9.17) is 0 Å². The van der Waals surface area contributed by atoms with Crippen molar-refractivity contribution in [3.63, 3.8) is 0 Å². The molecule has 1 atom stereocenters. The van der Waals surface area contributed by atoms with E-state index in [1.807, 2.05) is 35.4 Å². The third-order valence-electron chi connectivity index (χ3n) is 3.52. The van der Waals surface area contributed by atoms with Gasteiger partial charge < -0.3 is 4.57 Å². The first-order valence-corrected chi connectivity index (χ1v) is 10.2. The Morgan fingerprint density at radius 3 is 2.92 bits per heavy atom. The van der Waals surface area contributed by atoms with E-state index < -0.39 is 5.92 Å². The molecular weight excluding hydrogens is 374 g/mol. The zero-order valence-corrected chi connectivity index (χ0v) is 16.1. The number of ketones is 1. The Morgan fingerprint density at radius 1 is 1.44 bits per heavy atom. The maximum atomic E-state index is 12.4. The highest BCUT2D eigenvalue weighted by molar-refractivity contribution is 7.99. The summed E-state index contributed by atoms with van der Waals surface area (Å²) in [6.07, 6.45) is 0.717. The van der Waals surface area contributed by atoms with Crippen LogP contribution in [0, 0.1) is 18.3 Å². The Morgan fingerprint density at radius 2 is 2.28 bits per heavy atom. The third kappa shape index (κ3) is 4.15. The molecule has 6 nitrogen and oxygen atoms in total. The molecule has 3 aromatic rings. The number of carbonyl (C=O) groups excluding carboxylic acids is 1. The van der Waals surface area contributed by atoms with Crippen LogP contribution in [0.3, 0.4) is 0 Å². The Bertz CT molecular complexity index is 907. The molecule has 0 aromatic carbocycles. The van der Waals surface area contributed by atoms with Crippen molar-refractivity contribution in [1.29, 1.82) is 5.26 Å². The lowest BCUT2D eigenvalue weighted by Crippen LogP contribution is -2.13. The summed E-state index contributed by atoms with van der Waals surface area (Å²) in [5.41, 5.74) is 0.826. The van der Waals surface area contributed by atoms with E-state index in [2.05, 4.69) is 27.3 Å². The average molecular weight is 390 g/mol. The quantitative estimate of drug-likeness (QED) is 0.577. The molecule has 3 heterocycles. The van der Waals surface area contributed by atoms with E-state index in [1.54, 1.807) is 11.3 Å². The smallest absolute Gasteiger partial charge is 0.191 e. The summed E-state index contributed by atoms with van der Waals surface area (Å²) in [4.78, 5) is 17.9. The summed E-state index contributed by atoms with van der Waals surface area (Å²) in [6, 6.07) is 6.13. The number of aromatic nitrogens is 4. The molecule has 0 fully saturated rings. The van der Waals surface area contributed by atoms with Crippen molar-refractivity contribution in [2.24, 2.45) is 7.05 Å². The molecule has 3 rings (SSSR count). The highest BCUT2D eigenvalue weighted by Gasteiger charge is 2.24. The van der Waals surface area contributed by atoms with Gasteiger partial charge in [-0.3, -0.25) is 4.79 Å². The first kappa shape index (κ1) is 17.8. The lowest BCUT2D eigenvalue weighted by atomic mass is 10.1. The van der Waals surface area contributed by atoms with E-state index in [-0.39, 0.29) is 11.5 Å². The van der Waals surface area contributed by atoms with Crippen LogP contribution in [0.2, 0.25) is 0 Å². The number of rotatable bonds is 7. The van der Waals surface area contributed by atoms with Gasteiger partial charge in [0, 0.05) is 29.4 Å². The number of nitriles is 1. The van der Waals surface area contributed by atoms with Gasteiger partial charge in [-0.25, -0.2) is 4.98 Å². The predicted octanol–water partition coefficient (Wildman–Crippen LogP) is 3.20. The van der Waals surface area contributed by atoms with Crippen molar-refractivity contribution < 1.29 is 4.79 Å². The van der Waals surface area contributed by atoms with Gasteiger partial charge in [-0.2, -0.15) is 5.26 Å². The molecular formula is C16H15N5OS3. The van der Waals surface area contributed by atoms with Crippen LogP contribution in [-0.4, -0.2) is 31.3 Å². The number of thioether (sulfide) groups is 1. The van der Waals surface area contributed by atoms with Crippen LogP contribution in [0.4, 0.5) is 0 Å². The maximum absolute atomic E-state index is 12.4. The van der Waals surface area contributed by atoms with Gasteiger partial charge in [-0.05, 0) is 18.4 Å². The highest BCUT2D eigenvalue weighted by Crippen LogP contribution is 2.25. The van der Waals surface area contributed by atoms with Crippen molar-refractivity contribution in [1.82, 2.24) is 19.7 Å². The van der Waals surface area contributed by atoms with Crippen LogP contribution >= 0.6 is 34.4 Å². The van der Waals surface area contributed by atoms with E-state index in [9.17, 15) is 10.1 Å². The Kier molecular flexibility index (Phi) is 5.63. The number of thiophene rings is 1. The zero-order chi connectivity index (χ0) is 17.8. The largest absolute Gasteiger partial charge is 0.309 e. The standard InChI is InChI=1S/C16H15N5OS3/c1-10-8-24-15(18-10)12(7-17)13(22)9-25-16-20-19-14(21(16)2)6-11-4-3-5-23-11/h3-5,8,12H,6,9H2,1-2H3/t12-/m0/s1. The van der Waals surface area contributed by atoms with Gasteiger partial charge in [0.05, 0.1) is 11.8 Å². The summed E-state index contributed by atoms with van der Waals surface area (Å²) in [5.74, 6) is 0.0430. The Labute approximate surface area is 157 Å². The first-order chi connectivity index (χ1) is 12.1. The van der Waals surface area contributed by atoms with E-state index in [0.29, 0.717) is 10.2 Å². The molecule has 0 saturated heterocycles. The fourth-order valence-electron chi connectivity index (χ4n) is 2.18. The third-order valence-corrected chi connectivity index (χ3v) is 6.46. The summed E-state index contributed by atoms with van der Waals surface area (Å²) in [6.45, 7) is 1.85. The van der Waals surface area contributed by atoms with Crippen molar-refractivity contribution >= 4 is 40.2 Å². The van der Waals surface area contributed by atoms with Crippen molar-refractivity contribution in [3.05, 3.63) is 44.3 Å². The molecule has 0 amide bonds. The van der Waals surface area contributed by atoms with Gasteiger partial charge in [0.1, 0.15) is 10.8 Å². The van der Waals surface area contributed by atoms with Crippen LogP contribution in [0.25, 0.3) is 0 Å². The zero-order valence-electron chi connectivity index (χ0n) is 13.7. The molecule has 9 heteroatoms. The van der Waals surface area contributed by atoms with Crippen LogP contribution in [0.5, 0.6) is 0 Å². The maximum Gasteiger partial charge on any atom is 0.191 e. The fraction of sp³-hybridized carbons (Fsp3) is 0.312. The van der Waals surface area contributed by atoms with E-state index in [1.165, 1.54) is 28.0 Å². The number of hydrogen-bond donors (Lipinski definition) is 0. The molecule has 3 aromatic heterocycles. The van der Waals surface area contributed by atoms with Crippen LogP contribution in [-0.2, 0) is 18.3 Å². The molecule has 0 radical (unpaired) electrons. The van der Waals surface area contributed by atoms with Crippen LogP contribution < -0.4 is 0 Å². The second-order valence-corrected chi connectivity index (χ2v) is 8.22. The number of Topliss-reactive ketones (excluding diaryl/α,β-unsaturated/α-hetero) is 1. The van der Waals surface area contributed by atoms with Crippen LogP contribution in [0.15, 0.2) is 28.0 Å². The minimum Gasteiger partial charge on any atom is -0.309 e. The van der Waals surface area contributed by atoms with Gasteiger partial charge in [-0.1, -0.05) is 17.8 Å². The number of hydrogen-bond acceptors (Lipinski definition) is 8. The molecule has 0 aliphatic heterocycles. The van der Waals surface area contributed by atoms with Gasteiger partial charge in [-0.15, -0.1) is 32.9 Å². The van der Waals surface area contributed by atoms with Gasteiger partial charge in [0.2, 0.25) is 0 Å². The van der Waals surface area contributed by atoms with E-state index >= 15 is 0 Å². The number of carbonyl (C=O) groups is 1. The molecule has 0 bridgehead atoms. The summed E-state index contributed by atoms with van der Waals surface area (Å²) < 4.78 is 1.90. The van der Waals surface area contributed by atoms with Gasteiger partial charge in [0.25, 0.3) is 0 Å². The number of aryl methyl sites for hydroxylation is 1. The monoisotopic (exact) mass is 389 g/mol. The second kappa shape index (κ2) is 7.91. The highest BCUT2D eigenvalue weighted by atomic mass is 32.2. The SMILES string of the molecule is Cc1csc([C@@H](C#N)C(=O)CSc2nnc(Cc3cccs3)n2C)n1. The van der Waals surface area contributed by atoms with Gasteiger partial charge in [0.15, 0.2) is 16.9 Å². The molecule has 25 heavy (non-hydrogen) atoms. The Hall–Kier alpha value is -2.02. The first-order valence-electron chi connectivity index (χ1n) is 7.46. The lowest BCUT2D eigenvalue weighted by Gasteiger charge is -2.05. The molecule has 0 unspecified atom stereocenters. The minimum absolute atomic E-state index is 0.162. The molecule has 0 N–H and O–H groups in total. The van der Waals surface area contributed by atoms with Gasteiger partial charge >= 0.3 is 0 Å². The topological polar surface area (TPSA) is 84.5 Å². The molecule has 0 saturated carbocycles. The number of thiazole rings is 1. The molecule has 0 aliphatic carbocycles. The fourth-order valence-corrected chi connectivity index (χ4v) is 4.58. The Balaban J connectivity index is 1.64. The summed E-state index contributed by atoms with van der Waals surface area (Å²) >= 11 is 4.33. The second-order valence-electron chi connectivity index (χ2n) is 5.36. The number of nitrogens with zero attached hydrogens (tertiary/aromatic N) is 5. The molecule has 0 aliphatic rings. The normalized spacial score (nSPS) is 12.0. The average Bonchev–Trinajstić information content (AvgIpc) is 3.32. The van der Waals surface area contributed by atoms with E-state index in [0.717, 1.165) is 17.9 Å². The van der Waals surface area contributed by atoms with Crippen LogP contribution in [0.1, 0.15) is 27.3 Å². The molecule has 0 spiro atoms. The van der Waals surface area contributed by atoms with Crippen molar-refractivity contribution in [2.45, 2.75) is 24.4 Å². The van der Waals surface area contributed by atoms with Crippen molar-refractivity contribution in [2.75, 3.05) is 5.75 Å². The minimum atomic E-state index is -0.815. The summed E-state index contributed by atoms with van der Waals surface area (Å²) in [5, 5.41) is 22.8. The van der Waals surface area contributed by atoms with Crippen molar-refractivity contribution in [3.8, 4) is 6.07 Å². The lowest BCUT2D eigenvalue weighted by molar-refractivity contribution is -0.116. The molecule has 128 valence electrons. The predicted molar refractivity (Wildman–Crippen MR) is 99.1 cm³/mol.